The van der Waals surface area contributed by atoms with Gasteiger partial charge in [-0.25, -0.2) is 4.98 Å². The van der Waals surface area contributed by atoms with Crippen molar-refractivity contribution >= 4 is 33.3 Å². The Morgan fingerprint density at radius 3 is 2.81 bits per heavy atom. The molecule has 4 rings (SSSR count). The molecule has 27 heavy (non-hydrogen) atoms. The molecule has 6 nitrogen and oxygen atoms in total. The molecule has 1 fully saturated rings. The number of aryl methyl sites for hydroxylation is 2. The molecule has 1 atom stereocenters. The van der Waals surface area contributed by atoms with Crippen LogP contribution in [-0.2, 0) is 12.2 Å². The zero-order chi connectivity index (χ0) is 19.1. The SMILES string of the molecule is CC[C@@H](C)Cc1c(C)sc2nc(CSc3nnc(C)n3C3CC3)[nH]c(=O)c12. The highest BCUT2D eigenvalue weighted by Gasteiger charge is 2.28. The van der Waals surface area contributed by atoms with Crippen molar-refractivity contribution in [3.05, 3.63) is 32.4 Å². The number of aromatic nitrogens is 5. The molecule has 0 radical (unpaired) electrons. The van der Waals surface area contributed by atoms with E-state index in [0.29, 0.717) is 23.5 Å². The predicted octanol–water partition coefficient (Wildman–Crippen LogP) is 4.41. The molecule has 0 aromatic carbocycles. The van der Waals surface area contributed by atoms with E-state index in [0.717, 1.165) is 34.0 Å². The smallest absolute Gasteiger partial charge is 0.259 e. The number of thiophene rings is 1. The van der Waals surface area contributed by atoms with Crippen LogP contribution in [0, 0.1) is 19.8 Å². The van der Waals surface area contributed by atoms with Crippen molar-refractivity contribution in [2.75, 3.05) is 0 Å². The second kappa shape index (κ2) is 7.39. The van der Waals surface area contributed by atoms with Gasteiger partial charge in [0.15, 0.2) is 5.16 Å². The van der Waals surface area contributed by atoms with Gasteiger partial charge in [-0.1, -0.05) is 32.0 Å². The van der Waals surface area contributed by atoms with Crippen LogP contribution in [0.25, 0.3) is 10.2 Å². The maximum absolute atomic E-state index is 12.8. The highest BCUT2D eigenvalue weighted by atomic mass is 32.2. The third-order valence-corrected chi connectivity index (χ3v) is 7.24. The van der Waals surface area contributed by atoms with Crippen molar-refractivity contribution < 1.29 is 0 Å². The quantitative estimate of drug-likeness (QED) is 0.591. The molecular formula is C19H25N5OS2. The summed E-state index contributed by atoms with van der Waals surface area (Å²) in [5.74, 6) is 2.82. The number of fused-ring (bicyclic) bond motifs is 1. The zero-order valence-corrected chi connectivity index (χ0v) is 17.8. The molecule has 0 aliphatic heterocycles. The number of hydrogen-bond acceptors (Lipinski definition) is 6. The van der Waals surface area contributed by atoms with Gasteiger partial charge in [-0.15, -0.1) is 21.5 Å². The molecule has 1 aliphatic rings. The maximum Gasteiger partial charge on any atom is 0.259 e. The van der Waals surface area contributed by atoms with Gasteiger partial charge in [0.05, 0.1) is 11.1 Å². The van der Waals surface area contributed by atoms with Gasteiger partial charge >= 0.3 is 0 Å². The summed E-state index contributed by atoms with van der Waals surface area (Å²) in [5, 5.41) is 10.2. The summed E-state index contributed by atoms with van der Waals surface area (Å²) in [7, 11) is 0. The van der Waals surface area contributed by atoms with Crippen LogP contribution < -0.4 is 5.56 Å². The molecule has 0 spiro atoms. The molecule has 144 valence electrons. The Kier molecular flexibility index (Phi) is 5.11. The third kappa shape index (κ3) is 3.69. The summed E-state index contributed by atoms with van der Waals surface area (Å²) in [6, 6.07) is 0.542. The fourth-order valence-corrected chi connectivity index (χ4v) is 5.35. The van der Waals surface area contributed by atoms with Gasteiger partial charge in [0.1, 0.15) is 16.5 Å². The van der Waals surface area contributed by atoms with Gasteiger partial charge in [0, 0.05) is 10.9 Å². The first-order valence-electron chi connectivity index (χ1n) is 9.53. The lowest BCUT2D eigenvalue weighted by atomic mass is 9.98. The Balaban J connectivity index is 1.60. The van der Waals surface area contributed by atoms with E-state index in [1.54, 1.807) is 23.1 Å². The predicted molar refractivity (Wildman–Crippen MR) is 111 cm³/mol. The van der Waals surface area contributed by atoms with E-state index in [2.05, 4.69) is 40.5 Å². The lowest BCUT2D eigenvalue weighted by molar-refractivity contribution is 0.561. The Hall–Kier alpha value is -1.67. The molecule has 8 heteroatoms. The van der Waals surface area contributed by atoms with E-state index in [4.69, 9.17) is 4.98 Å². The summed E-state index contributed by atoms with van der Waals surface area (Å²) in [5.41, 5.74) is 1.15. The number of aromatic amines is 1. The number of nitrogens with one attached hydrogen (secondary N) is 1. The molecule has 1 aliphatic carbocycles. The van der Waals surface area contributed by atoms with E-state index < -0.39 is 0 Å². The largest absolute Gasteiger partial charge is 0.309 e. The first-order valence-corrected chi connectivity index (χ1v) is 11.3. The Labute approximate surface area is 166 Å². The van der Waals surface area contributed by atoms with E-state index in [-0.39, 0.29) is 5.56 Å². The fraction of sp³-hybridized carbons (Fsp3) is 0.579. The van der Waals surface area contributed by atoms with Gasteiger partial charge in [-0.05, 0) is 44.6 Å². The monoisotopic (exact) mass is 403 g/mol. The van der Waals surface area contributed by atoms with Crippen molar-refractivity contribution in [1.29, 1.82) is 0 Å². The number of nitrogens with zero attached hydrogens (tertiary/aromatic N) is 4. The van der Waals surface area contributed by atoms with Gasteiger partial charge in [-0.3, -0.25) is 4.79 Å². The van der Waals surface area contributed by atoms with Crippen molar-refractivity contribution in [2.24, 2.45) is 5.92 Å². The first kappa shape index (κ1) is 18.7. The highest BCUT2D eigenvalue weighted by Crippen LogP contribution is 2.39. The van der Waals surface area contributed by atoms with Crippen LogP contribution in [0.4, 0.5) is 0 Å². The average molecular weight is 404 g/mol. The lowest BCUT2D eigenvalue weighted by Crippen LogP contribution is -2.12. The Morgan fingerprint density at radius 2 is 2.11 bits per heavy atom. The molecule has 3 heterocycles. The fourth-order valence-electron chi connectivity index (χ4n) is 3.36. The van der Waals surface area contributed by atoms with Gasteiger partial charge in [0.25, 0.3) is 5.56 Å². The van der Waals surface area contributed by atoms with Crippen molar-refractivity contribution in [2.45, 2.75) is 70.3 Å². The minimum atomic E-state index is -0.0157. The molecular weight excluding hydrogens is 378 g/mol. The molecule has 3 aromatic rings. The molecule has 1 saturated carbocycles. The number of H-pyrrole nitrogens is 1. The van der Waals surface area contributed by atoms with E-state index in [1.165, 1.54) is 23.3 Å². The first-order chi connectivity index (χ1) is 13.0. The molecule has 1 N–H and O–H groups in total. The number of hydrogen-bond donors (Lipinski definition) is 1. The zero-order valence-electron chi connectivity index (χ0n) is 16.2. The number of rotatable bonds is 7. The Bertz CT molecular complexity index is 1030. The average Bonchev–Trinajstić information content (AvgIpc) is 3.33. The maximum atomic E-state index is 12.8. The van der Waals surface area contributed by atoms with Gasteiger partial charge < -0.3 is 9.55 Å². The third-order valence-electron chi connectivity index (χ3n) is 5.25. The number of thioether (sulfide) groups is 1. The summed E-state index contributed by atoms with van der Waals surface area (Å²) in [6.07, 6.45) is 4.44. The van der Waals surface area contributed by atoms with E-state index in [9.17, 15) is 4.79 Å². The minimum Gasteiger partial charge on any atom is -0.309 e. The topological polar surface area (TPSA) is 76.5 Å². The van der Waals surface area contributed by atoms with Crippen LogP contribution in [0.2, 0.25) is 0 Å². The van der Waals surface area contributed by atoms with Crippen LogP contribution in [0.3, 0.4) is 0 Å². The summed E-state index contributed by atoms with van der Waals surface area (Å²) < 4.78 is 2.21. The van der Waals surface area contributed by atoms with Gasteiger partial charge in [0.2, 0.25) is 0 Å². The normalized spacial score (nSPS) is 15.6. The van der Waals surface area contributed by atoms with Crippen LogP contribution in [0.15, 0.2) is 9.95 Å². The second-order valence-electron chi connectivity index (χ2n) is 7.47. The second-order valence-corrected chi connectivity index (χ2v) is 9.61. The molecule has 0 saturated heterocycles. The van der Waals surface area contributed by atoms with Crippen LogP contribution in [0.1, 0.15) is 61.2 Å². The summed E-state index contributed by atoms with van der Waals surface area (Å²) in [6.45, 7) is 8.51. The summed E-state index contributed by atoms with van der Waals surface area (Å²) in [4.78, 5) is 22.6. The van der Waals surface area contributed by atoms with Crippen molar-refractivity contribution in [1.82, 2.24) is 24.7 Å². The van der Waals surface area contributed by atoms with Gasteiger partial charge in [-0.2, -0.15) is 0 Å². The molecule has 3 aromatic heterocycles. The molecule has 0 unspecified atom stereocenters. The Morgan fingerprint density at radius 1 is 1.33 bits per heavy atom. The minimum absolute atomic E-state index is 0.0157. The molecule has 0 amide bonds. The van der Waals surface area contributed by atoms with Crippen LogP contribution in [-0.4, -0.2) is 24.7 Å². The van der Waals surface area contributed by atoms with Crippen molar-refractivity contribution in [3.8, 4) is 0 Å². The lowest BCUT2D eigenvalue weighted by Gasteiger charge is -2.08. The molecule has 0 bridgehead atoms. The van der Waals surface area contributed by atoms with Crippen LogP contribution in [0.5, 0.6) is 0 Å². The summed E-state index contributed by atoms with van der Waals surface area (Å²) >= 11 is 3.22. The standard InChI is InChI=1S/C19H25N5OS2/c1-5-10(2)8-14-11(3)27-18-16(14)17(25)20-15(21-18)9-26-19-23-22-12(4)24(19)13-6-7-13/h10,13H,5-9H2,1-4H3,(H,20,21,25)/t10-/m1/s1. The van der Waals surface area contributed by atoms with E-state index in [1.807, 2.05) is 6.92 Å². The van der Waals surface area contributed by atoms with Crippen molar-refractivity contribution in [3.63, 3.8) is 0 Å². The highest BCUT2D eigenvalue weighted by molar-refractivity contribution is 7.98. The van der Waals surface area contributed by atoms with Crippen LogP contribution >= 0.6 is 23.1 Å². The van der Waals surface area contributed by atoms with E-state index >= 15 is 0 Å².